The first-order valence-electron chi connectivity index (χ1n) is 13.6. The fraction of sp³-hybridized carbons (Fsp3) is 0.0526. The third kappa shape index (κ3) is 5.30. The normalized spacial score (nSPS) is 10.8. The molecule has 0 spiro atoms. The summed E-state index contributed by atoms with van der Waals surface area (Å²) in [6, 6.07) is 37.3. The molecule has 2 heterocycles. The third-order valence-corrected chi connectivity index (χ3v) is 7.17. The minimum Gasteiger partial charge on any atom is -0.256 e. The van der Waals surface area contributed by atoms with Crippen molar-refractivity contribution >= 4 is 27.1 Å². The molecule has 2 aromatic heterocycles. The number of nitriles is 2. The second-order valence-corrected chi connectivity index (χ2v) is 9.56. The summed E-state index contributed by atoms with van der Waals surface area (Å²) in [5.41, 5.74) is 8.85. The van der Waals surface area contributed by atoms with Gasteiger partial charge in [0.1, 0.15) is 0 Å². The molecule has 4 heteroatoms. The summed E-state index contributed by atoms with van der Waals surface area (Å²) in [7, 11) is 0. The number of hydrogen-bond donors (Lipinski definition) is 0. The molecule has 0 aliphatic carbocycles. The Morgan fingerprint density at radius 1 is 0.714 bits per heavy atom. The molecule has 200 valence electrons. The monoisotopic (exact) mass is 540 g/mol. The maximum atomic E-state index is 9.27. The zero-order valence-corrected chi connectivity index (χ0v) is 23.5. The van der Waals surface area contributed by atoms with Crippen LogP contribution in [0, 0.1) is 22.7 Å². The van der Waals surface area contributed by atoms with Crippen LogP contribution in [-0.4, -0.2) is 9.97 Å². The van der Waals surface area contributed by atoms with Gasteiger partial charge in [0.25, 0.3) is 0 Å². The van der Waals surface area contributed by atoms with Crippen molar-refractivity contribution in [3.63, 3.8) is 0 Å². The predicted molar refractivity (Wildman–Crippen MR) is 173 cm³/mol. The number of benzene rings is 4. The topological polar surface area (TPSA) is 73.4 Å². The summed E-state index contributed by atoms with van der Waals surface area (Å²) < 4.78 is 0. The largest absolute Gasteiger partial charge is 0.256 e. The highest BCUT2D eigenvalue weighted by atomic mass is 14.7. The lowest BCUT2D eigenvalue weighted by Crippen LogP contribution is -1.93. The Hall–Kier alpha value is -5.84. The molecule has 6 aromatic rings. The van der Waals surface area contributed by atoms with E-state index < -0.39 is 0 Å². The van der Waals surface area contributed by atoms with Gasteiger partial charge in [-0.05, 0) is 75.0 Å². The van der Waals surface area contributed by atoms with Crippen LogP contribution in [0.3, 0.4) is 0 Å². The molecule has 0 unspecified atom stereocenters. The highest BCUT2D eigenvalue weighted by Crippen LogP contribution is 2.43. The van der Waals surface area contributed by atoms with Crippen LogP contribution >= 0.6 is 0 Å². The number of pyridine rings is 2. The van der Waals surface area contributed by atoms with E-state index in [0.29, 0.717) is 5.56 Å². The SMILES string of the molecule is C=C/C(=C\C)c1ccc(-c2c3ccccc3c(-c3ccc(-c4cc(C#N)ccn4)cn3)c3ccccc23)cc1.CC#N. The van der Waals surface area contributed by atoms with E-state index in [9.17, 15) is 5.26 Å². The number of allylic oxidation sites excluding steroid dienone is 3. The molecular formula is C38H28N4. The summed E-state index contributed by atoms with van der Waals surface area (Å²) in [6.45, 7) is 7.41. The van der Waals surface area contributed by atoms with E-state index in [0.717, 1.165) is 44.4 Å². The lowest BCUT2D eigenvalue weighted by atomic mass is 9.87. The molecule has 0 atom stereocenters. The molecule has 0 aliphatic rings. The molecule has 0 N–H and O–H groups in total. The first kappa shape index (κ1) is 27.7. The molecule has 0 saturated heterocycles. The number of fused-ring (bicyclic) bond motifs is 2. The summed E-state index contributed by atoms with van der Waals surface area (Å²) in [4.78, 5) is 9.33. The number of aromatic nitrogens is 2. The molecule has 42 heavy (non-hydrogen) atoms. The van der Waals surface area contributed by atoms with Crippen LogP contribution < -0.4 is 0 Å². The van der Waals surface area contributed by atoms with Crippen molar-refractivity contribution in [3.05, 3.63) is 139 Å². The van der Waals surface area contributed by atoms with Gasteiger partial charge in [0.15, 0.2) is 0 Å². The highest BCUT2D eigenvalue weighted by molar-refractivity contribution is 6.21. The lowest BCUT2D eigenvalue weighted by molar-refractivity contribution is 1.27. The van der Waals surface area contributed by atoms with Crippen molar-refractivity contribution in [1.29, 1.82) is 10.5 Å². The van der Waals surface area contributed by atoms with Crippen molar-refractivity contribution < 1.29 is 0 Å². The van der Waals surface area contributed by atoms with Gasteiger partial charge in [0.2, 0.25) is 0 Å². The van der Waals surface area contributed by atoms with E-state index in [-0.39, 0.29) is 0 Å². The van der Waals surface area contributed by atoms with Gasteiger partial charge >= 0.3 is 0 Å². The molecule has 0 saturated carbocycles. The van der Waals surface area contributed by atoms with Gasteiger partial charge in [0.05, 0.1) is 29.1 Å². The van der Waals surface area contributed by atoms with Crippen LogP contribution in [0.5, 0.6) is 0 Å². The Kier molecular flexibility index (Phi) is 8.29. The molecule has 0 amide bonds. The second kappa shape index (κ2) is 12.6. The number of rotatable bonds is 5. The molecule has 4 nitrogen and oxygen atoms in total. The summed E-state index contributed by atoms with van der Waals surface area (Å²) in [5.74, 6) is 0. The fourth-order valence-corrected chi connectivity index (χ4v) is 5.30. The second-order valence-electron chi connectivity index (χ2n) is 9.56. The molecule has 6 rings (SSSR count). The van der Waals surface area contributed by atoms with Gasteiger partial charge in [-0.3, -0.25) is 9.97 Å². The average molecular weight is 541 g/mol. The molecule has 4 aromatic carbocycles. The third-order valence-electron chi connectivity index (χ3n) is 7.17. The van der Waals surface area contributed by atoms with Crippen molar-refractivity contribution in [1.82, 2.24) is 9.97 Å². The molecule has 0 fully saturated rings. The van der Waals surface area contributed by atoms with Gasteiger partial charge < -0.3 is 0 Å². The number of hydrogen-bond acceptors (Lipinski definition) is 4. The first-order chi connectivity index (χ1) is 20.6. The minimum absolute atomic E-state index is 0.580. The highest BCUT2D eigenvalue weighted by Gasteiger charge is 2.17. The Labute approximate surface area is 246 Å². The van der Waals surface area contributed by atoms with Crippen LogP contribution in [0.15, 0.2) is 128 Å². The molecule has 0 aliphatic heterocycles. The van der Waals surface area contributed by atoms with Crippen molar-refractivity contribution in [2.24, 2.45) is 0 Å². The molecule has 0 bridgehead atoms. The summed E-state index contributed by atoms with van der Waals surface area (Å²) in [5, 5.41) is 21.3. The summed E-state index contributed by atoms with van der Waals surface area (Å²) in [6.07, 6.45) is 7.47. The van der Waals surface area contributed by atoms with Gasteiger partial charge in [0, 0.05) is 30.4 Å². The van der Waals surface area contributed by atoms with E-state index in [1.165, 1.54) is 28.8 Å². The standard InChI is InChI=1S/C36H25N3.C2H3N/c1-3-25(4-2)26-13-15-27(16-14-26)35-29-9-5-7-11-31(29)36(32-12-8-6-10-30(32)35)33-18-17-28(23-39-33)34-21-24(22-37)19-20-38-34;1-2-3/h3-21,23H,1H2,2H3;1H3/b25-4+;. The van der Waals surface area contributed by atoms with Crippen molar-refractivity contribution in [3.8, 4) is 45.8 Å². The maximum absolute atomic E-state index is 9.27. The average Bonchev–Trinajstić information content (AvgIpc) is 3.05. The number of nitrogens with zero attached hydrogens (tertiary/aromatic N) is 4. The Morgan fingerprint density at radius 3 is 1.79 bits per heavy atom. The van der Waals surface area contributed by atoms with Gasteiger partial charge in [-0.15, -0.1) is 0 Å². The van der Waals surface area contributed by atoms with Gasteiger partial charge in [-0.2, -0.15) is 10.5 Å². The van der Waals surface area contributed by atoms with E-state index in [4.69, 9.17) is 10.2 Å². The quantitative estimate of drug-likeness (QED) is 0.161. The Balaban J connectivity index is 0.00000113. The smallest absolute Gasteiger partial charge is 0.0992 e. The van der Waals surface area contributed by atoms with Crippen LogP contribution in [-0.2, 0) is 0 Å². The lowest BCUT2D eigenvalue weighted by Gasteiger charge is -2.17. The van der Waals surface area contributed by atoms with E-state index >= 15 is 0 Å². The van der Waals surface area contributed by atoms with Crippen LogP contribution in [0.25, 0.3) is 60.8 Å². The van der Waals surface area contributed by atoms with Crippen LogP contribution in [0.4, 0.5) is 0 Å². The van der Waals surface area contributed by atoms with E-state index in [1.54, 1.807) is 24.4 Å². The van der Waals surface area contributed by atoms with Crippen molar-refractivity contribution in [2.45, 2.75) is 13.8 Å². The predicted octanol–water partition coefficient (Wildman–Crippen LogP) is 9.77. The van der Waals surface area contributed by atoms with E-state index in [2.05, 4.69) is 96.5 Å². The summed E-state index contributed by atoms with van der Waals surface area (Å²) >= 11 is 0. The maximum Gasteiger partial charge on any atom is 0.0992 e. The van der Waals surface area contributed by atoms with Gasteiger partial charge in [-0.1, -0.05) is 91.5 Å². The van der Waals surface area contributed by atoms with Gasteiger partial charge in [-0.25, -0.2) is 0 Å². The molecule has 0 radical (unpaired) electrons. The zero-order chi connectivity index (χ0) is 29.5. The van der Waals surface area contributed by atoms with Crippen molar-refractivity contribution in [2.75, 3.05) is 0 Å². The van der Waals surface area contributed by atoms with Crippen LogP contribution in [0.2, 0.25) is 0 Å². The fourth-order valence-electron chi connectivity index (χ4n) is 5.30. The van der Waals surface area contributed by atoms with Crippen LogP contribution in [0.1, 0.15) is 25.0 Å². The zero-order valence-electron chi connectivity index (χ0n) is 23.5. The molecular weight excluding hydrogens is 512 g/mol. The van der Waals surface area contributed by atoms with E-state index in [1.807, 2.05) is 31.3 Å². The first-order valence-corrected chi connectivity index (χ1v) is 13.6. The minimum atomic E-state index is 0.580. The Bertz CT molecular complexity index is 1960. The Morgan fingerprint density at radius 2 is 1.29 bits per heavy atom.